The highest BCUT2D eigenvalue weighted by atomic mass is 32.2. The Morgan fingerprint density at radius 2 is 2.29 bits per heavy atom. The Balaban J connectivity index is 2.26. The summed E-state index contributed by atoms with van der Waals surface area (Å²) in [4.78, 5) is 0. The van der Waals surface area contributed by atoms with Gasteiger partial charge in [0, 0.05) is 5.54 Å². The summed E-state index contributed by atoms with van der Waals surface area (Å²) in [6.07, 6.45) is 6.23. The highest BCUT2D eigenvalue weighted by molar-refractivity contribution is 7.99. The second kappa shape index (κ2) is 7.65. The maximum Gasteiger partial charge on any atom is 0.0615 e. The molecule has 2 N–H and O–H groups in total. The highest BCUT2D eigenvalue weighted by Gasteiger charge is 2.40. The van der Waals surface area contributed by atoms with E-state index in [1.54, 1.807) is 0 Å². The first kappa shape index (κ1) is 15.3. The number of aliphatic hydroxyl groups is 1. The minimum absolute atomic E-state index is 0.0247. The van der Waals surface area contributed by atoms with E-state index in [1.807, 2.05) is 7.05 Å². The van der Waals surface area contributed by atoms with Gasteiger partial charge < -0.3 is 10.4 Å². The second-order valence-electron chi connectivity index (χ2n) is 5.53. The standard InChI is InChI=1S/C14H29NOS/c1-4-12(2)10-17-9-7-13-6-5-8-14(13,11-16)15-3/h12-13,15-16H,4-11H2,1-3H3. The van der Waals surface area contributed by atoms with Crippen LogP contribution in [0.3, 0.4) is 0 Å². The maximum atomic E-state index is 9.60. The fourth-order valence-electron chi connectivity index (χ4n) is 2.81. The quantitative estimate of drug-likeness (QED) is 0.657. The summed E-state index contributed by atoms with van der Waals surface area (Å²) in [6, 6.07) is 0. The van der Waals surface area contributed by atoms with Crippen molar-refractivity contribution in [1.82, 2.24) is 5.32 Å². The third-order valence-corrected chi connectivity index (χ3v) is 5.78. The van der Waals surface area contributed by atoms with Gasteiger partial charge in [0.1, 0.15) is 0 Å². The number of hydrogen-bond donors (Lipinski definition) is 2. The molecule has 0 radical (unpaired) electrons. The van der Waals surface area contributed by atoms with E-state index < -0.39 is 0 Å². The van der Waals surface area contributed by atoms with Crippen molar-refractivity contribution < 1.29 is 5.11 Å². The summed E-state index contributed by atoms with van der Waals surface area (Å²) >= 11 is 2.09. The molecule has 0 spiro atoms. The zero-order chi connectivity index (χ0) is 12.7. The Bertz CT molecular complexity index is 206. The molecule has 102 valence electrons. The van der Waals surface area contributed by atoms with E-state index in [0.29, 0.717) is 12.5 Å². The van der Waals surface area contributed by atoms with Crippen LogP contribution in [-0.2, 0) is 0 Å². The molecular formula is C14H29NOS. The van der Waals surface area contributed by atoms with E-state index in [0.717, 1.165) is 12.3 Å². The minimum Gasteiger partial charge on any atom is -0.394 e. The van der Waals surface area contributed by atoms with E-state index in [4.69, 9.17) is 0 Å². The van der Waals surface area contributed by atoms with Crippen molar-refractivity contribution in [2.24, 2.45) is 11.8 Å². The van der Waals surface area contributed by atoms with Gasteiger partial charge in [-0.3, -0.25) is 0 Å². The lowest BCUT2D eigenvalue weighted by Gasteiger charge is -2.33. The molecule has 0 saturated heterocycles. The summed E-state index contributed by atoms with van der Waals surface area (Å²) in [5.41, 5.74) is 0.0247. The fourth-order valence-corrected chi connectivity index (χ4v) is 4.07. The van der Waals surface area contributed by atoms with E-state index in [1.165, 1.54) is 37.2 Å². The van der Waals surface area contributed by atoms with Gasteiger partial charge in [0.2, 0.25) is 0 Å². The predicted molar refractivity (Wildman–Crippen MR) is 77.6 cm³/mol. The summed E-state index contributed by atoms with van der Waals surface area (Å²) in [5.74, 6) is 4.05. The Morgan fingerprint density at radius 1 is 1.53 bits per heavy atom. The highest BCUT2D eigenvalue weighted by Crippen LogP contribution is 2.38. The normalized spacial score (nSPS) is 30.7. The number of nitrogens with one attached hydrogen (secondary N) is 1. The van der Waals surface area contributed by atoms with Crippen molar-refractivity contribution in [3.05, 3.63) is 0 Å². The molecule has 1 rings (SSSR count). The smallest absolute Gasteiger partial charge is 0.0615 e. The Labute approximate surface area is 111 Å². The molecule has 1 aliphatic carbocycles. The van der Waals surface area contributed by atoms with Gasteiger partial charge in [-0.15, -0.1) is 0 Å². The maximum absolute atomic E-state index is 9.60. The van der Waals surface area contributed by atoms with Gasteiger partial charge in [-0.25, -0.2) is 0 Å². The third-order valence-electron chi connectivity index (χ3n) is 4.45. The van der Waals surface area contributed by atoms with E-state index in [2.05, 4.69) is 30.9 Å². The third kappa shape index (κ3) is 4.15. The minimum atomic E-state index is 0.0247. The molecule has 0 aliphatic heterocycles. The van der Waals surface area contributed by atoms with Crippen LogP contribution in [0.2, 0.25) is 0 Å². The molecule has 0 aromatic rings. The van der Waals surface area contributed by atoms with Gasteiger partial charge in [-0.05, 0) is 49.7 Å². The number of hydrogen-bond acceptors (Lipinski definition) is 3. The molecular weight excluding hydrogens is 230 g/mol. The first-order chi connectivity index (χ1) is 8.18. The molecule has 0 amide bonds. The van der Waals surface area contributed by atoms with Crippen LogP contribution in [0.5, 0.6) is 0 Å². The average molecular weight is 259 g/mol. The van der Waals surface area contributed by atoms with Crippen LogP contribution in [0.15, 0.2) is 0 Å². The van der Waals surface area contributed by atoms with E-state index in [-0.39, 0.29) is 5.54 Å². The largest absolute Gasteiger partial charge is 0.394 e. The van der Waals surface area contributed by atoms with Crippen molar-refractivity contribution in [2.75, 3.05) is 25.2 Å². The monoisotopic (exact) mass is 259 g/mol. The van der Waals surface area contributed by atoms with Crippen molar-refractivity contribution in [1.29, 1.82) is 0 Å². The topological polar surface area (TPSA) is 32.3 Å². The molecule has 3 atom stereocenters. The first-order valence-electron chi connectivity index (χ1n) is 7.06. The van der Waals surface area contributed by atoms with Crippen molar-refractivity contribution >= 4 is 11.8 Å². The summed E-state index contributed by atoms with van der Waals surface area (Å²) in [7, 11) is 2.00. The van der Waals surface area contributed by atoms with E-state index in [9.17, 15) is 5.11 Å². The van der Waals surface area contributed by atoms with Crippen LogP contribution >= 0.6 is 11.8 Å². The van der Waals surface area contributed by atoms with Gasteiger partial charge in [0.05, 0.1) is 6.61 Å². The van der Waals surface area contributed by atoms with Gasteiger partial charge in [0.15, 0.2) is 0 Å². The lowest BCUT2D eigenvalue weighted by molar-refractivity contribution is 0.130. The van der Waals surface area contributed by atoms with Crippen LogP contribution in [0, 0.1) is 11.8 Å². The van der Waals surface area contributed by atoms with Gasteiger partial charge >= 0.3 is 0 Å². The van der Waals surface area contributed by atoms with Gasteiger partial charge in [-0.1, -0.05) is 26.7 Å². The molecule has 3 unspecified atom stereocenters. The summed E-state index contributed by atoms with van der Waals surface area (Å²) in [5, 5.41) is 13.0. The Hall–Kier alpha value is 0.270. The lowest BCUT2D eigenvalue weighted by atomic mass is 9.86. The van der Waals surface area contributed by atoms with Crippen LogP contribution in [0.4, 0.5) is 0 Å². The number of likely N-dealkylation sites (N-methyl/N-ethyl adjacent to an activating group) is 1. The zero-order valence-corrected chi connectivity index (χ0v) is 12.5. The summed E-state index contributed by atoms with van der Waals surface area (Å²) in [6.45, 7) is 4.89. The van der Waals surface area contributed by atoms with E-state index >= 15 is 0 Å². The van der Waals surface area contributed by atoms with Crippen molar-refractivity contribution in [3.63, 3.8) is 0 Å². The first-order valence-corrected chi connectivity index (χ1v) is 8.21. The molecule has 0 bridgehead atoms. The fraction of sp³-hybridized carbons (Fsp3) is 1.00. The number of aliphatic hydroxyl groups excluding tert-OH is 1. The molecule has 0 aromatic carbocycles. The predicted octanol–water partition coefficient (Wildman–Crippen LogP) is 2.91. The summed E-state index contributed by atoms with van der Waals surface area (Å²) < 4.78 is 0. The number of rotatable bonds is 8. The Morgan fingerprint density at radius 3 is 2.88 bits per heavy atom. The molecule has 0 aromatic heterocycles. The molecule has 0 heterocycles. The average Bonchev–Trinajstić information content (AvgIpc) is 2.77. The molecule has 3 heteroatoms. The second-order valence-corrected chi connectivity index (χ2v) is 6.68. The van der Waals surface area contributed by atoms with Crippen LogP contribution in [-0.4, -0.2) is 35.8 Å². The molecule has 1 saturated carbocycles. The van der Waals surface area contributed by atoms with Gasteiger partial charge in [0.25, 0.3) is 0 Å². The lowest BCUT2D eigenvalue weighted by Crippen LogP contribution is -2.49. The molecule has 1 aliphatic rings. The molecule has 1 fully saturated rings. The molecule has 17 heavy (non-hydrogen) atoms. The van der Waals surface area contributed by atoms with Crippen molar-refractivity contribution in [3.8, 4) is 0 Å². The number of thioether (sulfide) groups is 1. The van der Waals surface area contributed by atoms with Crippen LogP contribution in [0.25, 0.3) is 0 Å². The van der Waals surface area contributed by atoms with Crippen molar-refractivity contribution in [2.45, 2.75) is 51.5 Å². The van der Waals surface area contributed by atoms with Gasteiger partial charge in [-0.2, -0.15) is 11.8 Å². The van der Waals surface area contributed by atoms with Crippen LogP contribution < -0.4 is 5.32 Å². The zero-order valence-electron chi connectivity index (χ0n) is 11.7. The van der Waals surface area contributed by atoms with Crippen LogP contribution in [0.1, 0.15) is 46.0 Å². The SMILES string of the molecule is CCC(C)CSCCC1CCCC1(CO)NC. The Kier molecular flexibility index (Phi) is 6.90. The molecule has 2 nitrogen and oxygen atoms in total.